The van der Waals surface area contributed by atoms with E-state index in [1.54, 1.807) is 0 Å². The number of benzene rings is 2. The zero-order chi connectivity index (χ0) is 25.2. The van der Waals surface area contributed by atoms with Crippen LogP contribution in [0.3, 0.4) is 0 Å². The quantitative estimate of drug-likeness (QED) is 0.209. The average Bonchev–Trinajstić information content (AvgIpc) is 3.33. The molecule has 1 amide bonds. The fraction of sp³-hybridized carbons (Fsp3) is 0.345. The van der Waals surface area contributed by atoms with Crippen molar-refractivity contribution in [3.05, 3.63) is 74.4 Å². The molecule has 0 fully saturated rings. The third-order valence-electron chi connectivity index (χ3n) is 6.99. The molecule has 5 rings (SSSR count). The molecule has 1 atom stereocenters. The summed E-state index contributed by atoms with van der Waals surface area (Å²) >= 11 is 2.76. The van der Waals surface area contributed by atoms with Crippen molar-refractivity contribution >= 4 is 44.9 Å². The van der Waals surface area contributed by atoms with Crippen LogP contribution >= 0.6 is 23.1 Å². The molecule has 4 aromatic rings. The van der Waals surface area contributed by atoms with Gasteiger partial charge in [0.15, 0.2) is 5.16 Å². The lowest BCUT2D eigenvalue weighted by Crippen LogP contribution is -2.24. The molecular formula is C29H31N3O2S2. The molecular weight excluding hydrogens is 486 g/mol. The third-order valence-corrected chi connectivity index (χ3v) is 8.84. The molecule has 0 radical (unpaired) electrons. The van der Waals surface area contributed by atoms with E-state index in [2.05, 4.69) is 54.5 Å². The van der Waals surface area contributed by atoms with Crippen molar-refractivity contribution < 1.29 is 4.79 Å². The van der Waals surface area contributed by atoms with E-state index in [1.165, 1.54) is 47.1 Å². The number of aryl methyl sites for hydroxylation is 4. The number of thiophene rings is 1. The van der Waals surface area contributed by atoms with Gasteiger partial charge in [-0.15, -0.1) is 11.3 Å². The molecule has 1 aliphatic carbocycles. The number of thioether (sulfide) groups is 1. The van der Waals surface area contributed by atoms with Gasteiger partial charge in [-0.1, -0.05) is 62.0 Å². The van der Waals surface area contributed by atoms with Crippen molar-refractivity contribution in [2.45, 2.75) is 69.7 Å². The smallest absolute Gasteiger partial charge is 0.260 e. The Morgan fingerprint density at radius 1 is 1.11 bits per heavy atom. The number of aromatic amines is 1. The SMILES string of the molecule is CCc1cccc(CC)c1NC(=O)C(C)Sc1nc2scc(-c3ccc4c(c3)CCCC4)c2c(=O)[nH]1. The van der Waals surface area contributed by atoms with Crippen LogP contribution in [0.15, 0.2) is 51.7 Å². The Hall–Kier alpha value is -2.90. The number of anilines is 1. The van der Waals surface area contributed by atoms with E-state index in [-0.39, 0.29) is 11.5 Å². The fourth-order valence-corrected chi connectivity index (χ4v) is 6.75. The number of aromatic nitrogens is 2. The summed E-state index contributed by atoms with van der Waals surface area (Å²) in [6.45, 7) is 6.02. The van der Waals surface area contributed by atoms with E-state index in [1.807, 2.05) is 18.4 Å². The van der Waals surface area contributed by atoms with Crippen LogP contribution < -0.4 is 10.9 Å². The first-order valence-corrected chi connectivity index (χ1v) is 14.5. The first-order valence-electron chi connectivity index (χ1n) is 12.7. The van der Waals surface area contributed by atoms with Gasteiger partial charge in [0.1, 0.15) is 4.83 Å². The summed E-state index contributed by atoms with van der Waals surface area (Å²) in [5.41, 5.74) is 7.83. The number of fused-ring (bicyclic) bond motifs is 2. The molecule has 0 spiro atoms. The maximum absolute atomic E-state index is 13.2. The summed E-state index contributed by atoms with van der Waals surface area (Å²) < 4.78 is 0. The summed E-state index contributed by atoms with van der Waals surface area (Å²) in [7, 11) is 0. The zero-order valence-corrected chi connectivity index (χ0v) is 22.6. The summed E-state index contributed by atoms with van der Waals surface area (Å²) in [5, 5.41) is 5.83. The van der Waals surface area contributed by atoms with Gasteiger partial charge in [-0.3, -0.25) is 9.59 Å². The summed E-state index contributed by atoms with van der Waals surface area (Å²) in [6, 6.07) is 12.7. The Bertz CT molecular complexity index is 1470. The number of hydrogen-bond donors (Lipinski definition) is 2. The number of carbonyl (C=O) groups excluding carboxylic acids is 1. The molecule has 0 saturated heterocycles. The zero-order valence-electron chi connectivity index (χ0n) is 20.9. The number of rotatable bonds is 7. The Kier molecular flexibility index (Phi) is 7.30. The van der Waals surface area contributed by atoms with Gasteiger partial charge in [-0.2, -0.15) is 0 Å². The minimum atomic E-state index is -0.416. The maximum Gasteiger partial charge on any atom is 0.260 e. The van der Waals surface area contributed by atoms with Crippen LogP contribution in [0, 0.1) is 0 Å². The number of amides is 1. The number of H-pyrrole nitrogens is 1. The van der Waals surface area contributed by atoms with E-state index in [0.29, 0.717) is 15.4 Å². The number of nitrogens with zero attached hydrogens (tertiary/aromatic N) is 1. The standard InChI is InChI=1S/C29H31N3O2S2/c1-4-18-11-8-12-19(5-2)25(18)30-26(33)17(3)36-29-31-27(34)24-23(16-35-28(24)32-29)22-14-13-20-9-6-7-10-21(20)15-22/h8,11-17H,4-7,9-10H2,1-3H3,(H,30,33)(H,31,32,34). The Morgan fingerprint density at radius 2 is 1.83 bits per heavy atom. The molecule has 5 nitrogen and oxygen atoms in total. The molecule has 1 aliphatic rings. The Balaban J connectivity index is 1.38. The number of carbonyl (C=O) groups is 1. The van der Waals surface area contributed by atoms with Crippen molar-refractivity contribution in [3.63, 3.8) is 0 Å². The van der Waals surface area contributed by atoms with E-state index in [4.69, 9.17) is 4.98 Å². The number of nitrogens with one attached hydrogen (secondary N) is 2. The van der Waals surface area contributed by atoms with E-state index >= 15 is 0 Å². The van der Waals surface area contributed by atoms with E-state index < -0.39 is 5.25 Å². The lowest BCUT2D eigenvalue weighted by atomic mass is 9.89. The molecule has 2 heterocycles. The minimum absolute atomic E-state index is 0.0979. The normalized spacial score (nSPS) is 14.0. The number of para-hydroxylation sites is 1. The predicted octanol–water partition coefficient (Wildman–Crippen LogP) is 6.77. The minimum Gasteiger partial charge on any atom is -0.325 e. The van der Waals surface area contributed by atoms with Crippen LogP contribution in [0.1, 0.15) is 55.9 Å². The predicted molar refractivity (Wildman–Crippen MR) is 151 cm³/mol. The lowest BCUT2D eigenvalue weighted by Gasteiger charge is -2.17. The van der Waals surface area contributed by atoms with Crippen molar-refractivity contribution in [1.29, 1.82) is 0 Å². The highest BCUT2D eigenvalue weighted by Gasteiger charge is 2.21. The average molecular weight is 518 g/mol. The highest BCUT2D eigenvalue weighted by molar-refractivity contribution is 8.00. The van der Waals surface area contributed by atoms with Crippen LogP contribution in [-0.4, -0.2) is 21.1 Å². The topological polar surface area (TPSA) is 74.8 Å². The van der Waals surface area contributed by atoms with Crippen molar-refractivity contribution in [3.8, 4) is 11.1 Å². The molecule has 186 valence electrons. The van der Waals surface area contributed by atoms with Gasteiger partial charge in [0.25, 0.3) is 5.56 Å². The highest BCUT2D eigenvalue weighted by atomic mass is 32.2. The van der Waals surface area contributed by atoms with Crippen molar-refractivity contribution in [1.82, 2.24) is 9.97 Å². The molecule has 0 bridgehead atoms. The van der Waals surface area contributed by atoms with Gasteiger partial charge in [0.2, 0.25) is 5.91 Å². The highest BCUT2D eigenvalue weighted by Crippen LogP contribution is 2.34. The van der Waals surface area contributed by atoms with Crippen LogP contribution in [0.2, 0.25) is 0 Å². The maximum atomic E-state index is 13.2. The third kappa shape index (κ3) is 4.87. The second-order valence-electron chi connectivity index (χ2n) is 9.30. The Morgan fingerprint density at radius 3 is 2.56 bits per heavy atom. The summed E-state index contributed by atoms with van der Waals surface area (Å²) in [4.78, 5) is 34.5. The van der Waals surface area contributed by atoms with Crippen LogP contribution in [0.5, 0.6) is 0 Å². The fourth-order valence-electron chi connectivity index (χ4n) is 4.95. The van der Waals surface area contributed by atoms with Gasteiger partial charge in [-0.25, -0.2) is 4.98 Å². The van der Waals surface area contributed by atoms with Crippen LogP contribution in [0.4, 0.5) is 5.69 Å². The van der Waals surface area contributed by atoms with Gasteiger partial charge >= 0.3 is 0 Å². The van der Waals surface area contributed by atoms with Crippen molar-refractivity contribution in [2.75, 3.05) is 5.32 Å². The Labute approximate surface area is 219 Å². The van der Waals surface area contributed by atoms with Crippen LogP contribution in [0.25, 0.3) is 21.3 Å². The molecule has 1 unspecified atom stereocenters. The van der Waals surface area contributed by atoms with Crippen LogP contribution in [-0.2, 0) is 30.5 Å². The second-order valence-corrected chi connectivity index (χ2v) is 11.5. The monoisotopic (exact) mass is 517 g/mol. The van der Waals surface area contributed by atoms with Crippen molar-refractivity contribution in [2.24, 2.45) is 0 Å². The van der Waals surface area contributed by atoms with E-state index in [9.17, 15) is 9.59 Å². The van der Waals surface area contributed by atoms with E-state index in [0.717, 1.165) is 53.6 Å². The van der Waals surface area contributed by atoms with Gasteiger partial charge in [0, 0.05) is 16.6 Å². The molecule has 2 aromatic carbocycles. The number of hydrogen-bond acceptors (Lipinski definition) is 5. The molecule has 36 heavy (non-hydrogen) atoms. The summed E-state index contributed by atoms with van der Waals surface area (Å²) in [6.07, 6.45) is 6.41. The molecule has 2 aromatic heterocycles. The first-order chi connectivity index (χ1) is 17.5. The second kappa shape index (κ2) is 10.6. The van der Waals surface area contributed by atoms with Gasteiger partial charge < -0.3 is 10.3 Å². The lowest BCUT2D eigenvalue weighted by molar-refractivity contribution is -0.115. The molecule has 0 saturated carbocycles. The molecule has 0 aliphatic heterocycles. The summed E-state index contributed by atoms with van der Waals surface area (Å²) in [5.74, 6) is -0.0979. The largest absolute Gasteiger partial charge is 0.325 e. The first kappa shape index (κ1) is 24.8. The molecule has 2 N–H and O–H groups in total. The van der Waals surface area contributed by atoms with Gasteiger partial charge in [0.05, 0.1) is 10.6 Å². The van der Waals surface area contributed by atoms with Gasteiger partial charge in [-0.05, 0) is 73.3 Å². The molecule has 7 heteroatoms.